The van der Waals surface area contributed by atoms with E-state index in [4.69, 9.17) is 0 Å². The highest BCUT2D eigenvalue weighted by atomic mass is 35.5. The van der Waals surface area contributed by atoms with Gasteiger partial charge in [-0.15, -0.1) is 12.4 Å². The van der Waals surface area contributed by atoms with Gasteiger partial charge in [0, 0.05) is 0 Å². The van der Waals surface area contributed by atoms with E-state index in [1.807, 2.05) is 0 Å². The van der Waals surface area contributed by atoms with Gasteiger partial charge in [0.05, 0.1) is 12.8 Å². The Labute approximate surface area is 52.4 Å². The molecule has 0 N–H and O–H groups in total. The van der Waals surface area contributed by atoms with Crippen LogP contribution in [0.15, 0.2) is 0 Å². The molecule has 0 radical (unpaired) electrons. The van der Waals surface area contributed by atoms with Gasteiger partial charge in [0.2, 0.25) is 0 Å². The Morgan fingerprint density at radius 2 is 1.50 bits per heavy atom. The predicted molar refractivity (Wildman–Crippen MR) is 27.6 cm³/mol. The maximum Gasteiger partial charge on any atom is 0.314 e. The average molecular weight is 137 g/mol. The summed E-state index contributed by atoms with van der Waals surface area (Å²) < 4.78 is 4.08. The summed E-state index contributed by atoms with van der Waals surface area (Å²) >= 11 is 0. The molecular weight excluding hydrogens is 131 g/mol. The van der Waals surface area contributed by atoms with Crippen molar-refractivity contribution in [2.45, 2.75) is 12.8 Å². The Balaban J connectivity index is 0.000000490. The Morgan fingerprint density at radius 3 is 1.62 bits per heavy atom. The van der Waals surface area contributed by atoms with Crippen LogP contribution in [0.1, 0.15) is 12.8 Å². The van der Waals surface area contributed by atoms with E-state index in [1.165, 1.54) is 0 Å². The lowest BCUT2D eigenvalue weighted by Crippen LogP contribution is -1.94. The fourth-order valence-corrected chi connectivity index (χ4v) is 0.433. The van der Waals surface area contributed by atoms with Crippen LogP contribution >= 0.6 is 12.4 Å². The molecule has 1 saturated heterocycles. The second-order valence-electron chi connectivity index (χ2n) is 1.35. The average Bonchev–Trinajstić information content (AvgIpc) is 1.87. The maximum atomic E-state index is 10.0. The Kier molecular flexibility index (Phi) is 2.48. The second kappa shape index (κ2) is 2.67. The summed E-state index contributed by atoms with van der Waals surface area (Å²) in [7, 11) is 0. The molecule has 0 aromatic rings. The Bertz CT molecular complexity index is 106. The van der Waals surface area contributed by atoms with Gasteiger partial charge < -0.3 is 4.74 Å². The van der Waals surface area contributed by atoms with Crippen LogP contribution in [-0.4, -0.2) is 11.9 Å². The van der Waals surface area contributed by atoms with Crippen LogP contribution < -0.4 is 0 Å². The molecule has 0 saturated carbocycles. The summed E-state index contributed by atoms with van der Waals surface area (Å²) in [5.41, 5.74) is 0. The molecule has 0 aromatic heterocycles. The summed E-state index contributed by atoms with van der Waals surface area (Å²) in [5, 5.41) is 0. The molecule has 46 valence electrons. The van der Waals surface area contributed by atoms with E-state index in [-0.39, 0.29) is 25.2 Å². The molecule has 0 aromatic carbocycles. The third kappa shape index (κ3) is 1.50. The van der Waals surface area contributed by atoms with Crippen LogP contribution in [0, 0.1) is 0 Å². The minimum absolute atomic E-state index is 0. The quantitative estimate of drug-likeness (QED) is 0.355. The Hall–Kier alpha value is -0.570. The number of cyclic esters (lactones) is 2. The number of esters is 2. The molecule has 0 aliphatic carbocycles. The van der Waals surface area contributed by atoms with Gasteiger partial charge in [-0.1, -0.05) is 0 Å². The summed E-state index contributed by atoms with van der Waals surface area (Å²) in [6.45, 7) is 0. The minimum Gasteiger partial charge on any atom is -0.393 e. The van der Waals surface area contributed by atoms with E-state index < -0.39 is 11.9 Å². The van der Waals surface area contributed by atoms with Crippen LogP contribution in [0.5, 0.6) is 0 Å². The molecule has 1 aliphatic heterocycles. The van der Waals surface area contributed by atoms with Gasteiger partial charge in [0.1, 0.15) is 0 Å². The van der Waals surface area contributed by atoms with E-state index >= 15 is 0 Å². The van der Waals surface area contributed by atoms with Crippen molar-refractivity contribution in [3.63, 3.8) is 0 Å². The highest BCUT2D eigenvalue weighted by molar-refractivity contribution is 5.92. The van der Waals surface area contributed by atoms with Crippen molar-refractivity contribution in [2.75, 3.05) is 0 Å². The molecule has 4 heteroatoms. The maximum absolute atomic E-state index is 10.0. The summed E-state index contributed by atoms with van der Waals surface area (Å²) in [5.74, 6) is -0.796. The third-order valence-electron chi connectivity index (χ3n) is 0.761. The summed E-state index contributed by atoms with van der Waals surface area (Å²) in [4.78, 5) is 20.0. The van der Waals surface area contributed by atoms with Crippen molar-refractivity contribution in [3.05, 3.63) is 0 Å². The van der Waals surface area contributed by atoms with Crippen molar-refractivity contribution >= 4 is 24.3 Å². The molecule has 1 rings (SSSR count). The molecular formula is C4H5ClO3. The van der Waals surface area contributed by atoms with Gasteiger partial charge in [-0.2, -0.15) is 0 Å². The van der Waals surface area contributed by atoms with Gasteiger partial charge in [-0.3, -0.25) is 9.59 Å². The molecule has 0 unspecified atom stereocenters. The number of halogens is 1. The number of ether oxygens (including phenoxy) is 1. The molecule has 0 spiro atoms. The van der Waals surface area contributed by atoms with Gasteiger partial charge in [-0.25, -0.2) is 0 Å². The first-order chi connectivity index (χ1) is 3.29. The van der Waals surface area contributed by atoms with Crippen molar-refractivity contribution < 1.29 is 14.3 Å². The zero-order valence-electron chi connectivity index (χ0n) is 4.05. The number of hydrogen-bond acceptors (Lipinski definition) is 3. The highest BCUT2D eigenvalue weighted by Crippen LogP contribution is 2.03. The fourth-order valence-electron chi connectivity index (χ4n) is 0.433. The largest absolute Gasteiger partial charge is 0.393 e. The van der Waals surface area contributed by atoms with Crippen LogP contribution in [0.3, 0.4) is 0 Å². The lowest BCUT2D eigenvalue weighted by atomic mass is 10.4. The number of carbonyl (C=O) groups is 2. The standard InChI is InChI=1S/C4H4O3.ClH/c5-3-1-2-4(6)7-3;/h1-2H2;1H. The van der Waals surface area contributed by atoms with E-state index in [0.717, 1.165) is 0 Å². The van der Waals surface area contributed by atoms with E-state index in [9.17, 15) is 9.59 Å². The predicted octanol–water partition coefficient (Wildman–Crippen LogP) is 0.272. The first kappa shape index (κ1) is 7.43. The molecule has 0 amide bonds. The SMILES string of the molecule is Cl.O=C1CCC(=O)O1. The van der Waals surface area contributed by atoms with Crippen LogP contribution in [0.4, 0.5) is 0 Å². The smallest absolute Gasteiger partial charge is 0.314 e. The molecule has 0 atom stereocenters. The molecule has 1 fully saturated rings. The van der Waals surface area contributed by atoms with Crippen molar-refractivity contribution in [3.8, 4) is 0 Å². The first-order valence-electron chi connectivity index (χ1n) is 2.02. The van der Waals surface area contributed by atoms with Gasteiger partial charge in [0.25, 0.3) is 0 Å². The van der Waals surface area contributed by atoms with E-state index in [0.29, 0.717) is 0 Å². The lowest BCUT2D eigenvalue weighted by Gasteiger charge is -1.79. The van der Waals surface area contributed by atoms with Gasteiger partial charge in [0.15, 0.2) is 0 Å². The molecule has 0 bridgehead atoms. The molecule has 3 nitrogen and oxygen atoms in total. The molecule has 1 aliphatic rings. The monoisotopic (exact) mass is 136 g/mol. The van der Waals surface area contributed by atoms with Gasteiger partial charge in [-0.05, 0) is 0 Å². The zero-order chi connectivity index (χ0) is 5.28. The van der Waals surface area contributed by atoms with Gasteiger partial charge >= 0.3 is 11.9 Å². The summed E-state index contributed by atoms with van der Waals surface area (Å²) in [6, 6.07) is 0. The van der Waals surface area contributed by atoms with Crippen molar-refractivity contribution in [2.24, 2.45) is 0 Å². The first-order valence-corrected chi connectivity index (χ1v) is 2.02. The number of rotatable bonds is 0. The third-order valence-corrected chi connectivity index (χ3v) is 0.761. The topological polar surface area (TPSA) is 43.4 Å². The summed E-state index contributed by atoms with van der Waals surface area (Å²) in [6.07, 6.45) is 0.525. The normalized spacial score (nSPS) is 17.5. The fraction of sp³-hybridized carbons (Fsp3) is 0.500. The van der Waals surface area contributed by atoms with Crippen LogP contribution in [-0.2, 0) is 14.3 Å². The number of carbonyl (C=O) groups excluding carboxylic acids is 2. The lowest BCUT2D eigenvalue weighted by molar-refractivity contribution is -0.151. The minimum atomic E-state index is -0.398. The van der Waals surface area contributed by atoms with Crippen molar-refractivity contribution in [1.29, 1.82) is 0 Å². The zero-order valence-corrected chi connectivity index (χ0v) is 4.86. The Morgan fingerprint density at radius 1 is 1.12 bits per heavy atom. The van der Waals surface area contributed by atoms with Crippen molar-refractivity contribution in [1.82, 2.24) is 0 Å². The number of hydrogen-bond donors (Lipinski definition) is 0. The molecule has 1 heterocycles. The van der Waals surface area contributed by atoms with Crippen LogP contribution in [0.2, 0.25) is 0 Å². The van der Waals surface area contributed by atoms with E-state index in [1.54, 1.807) is 0 Å². The van der Waals surface area contributed by atoms with E-state index in [2.05, 4.69) is 4.74 Å². The second-order valence-corrected chi connectivity index (χ2v) is 1.35. The molecule has 8 heavy (non-hydrogen) atoms. The van der Waals surface area contributed by atoms with Crippen LogP contribution in [0.25, 0.3) is 0 Å². The highest BCUT2D eigenvalue weighted by Gasteiger charge is 2.19.